The van der Waals surface area contributed by atoms with Gasteiger partial charge in [0.05, 0.1) is 0 Å². The molecule has 3 heteroatoms. The lowest BCUT2D eigenvalue weighted by molar-refractivity contribution is 0.317. The summed E-state index contributed by atoms with van der Waals surface area (Å²) in [5.41, 5.74) is 1.53. The molecule has 17 heavy (non-hydrogen) atoms. The van der Waals surface area contributed by atoms with Crippen LogP contribution in [0.25, 0.3) is 0 Å². The maximum atomic E-state index is 3.74. The first-order chi connectivity index (χ1) is 8.36. The molecule has 1 saturated heterocycles. The number of aryl methyl sites for hydroxylation is 1. The second kappa shape index (κ2) is 5.09. The zero-order chi connectivity index (χ0) is 11.7. The summed E-state index contributed by atoms with van der Waals surface area (Å²) in [5, 5.41) is 5.96. The van der Waals surface area contributed by atoms with E-state index in [9.17, 15) is 0 Å². The van der Waals surface area contributed by atoms with Crippen molar-refractivity contribution in [1.82, 2.24) is 10.2 Å². The first-order valence-electron chi connectivity index (χ1n) is 6.89. The molecule has 0 bridgehead atoms. The van der Waals surface area contributed by atoms with Crippen molar-refractivity contribution in [2.24, 2.45) is 0 Å². The molecule has 2 aliphatic rings. The zero-order valence-corrected chi connectivity index (χ0v) is 11.4. The van der Waals surface area contributed by atoms with Crippen LogP contribution in [0.4, 0.5) is 0 Å². The van der Waals surface area contributed by atoms with E-state index in [1.165, 1.54) is 49.2 Å². The van der Waals surface area contributed by atoms with Crippen LogP contribution in [-0.2, 0) is 13.0 Å². The van der Waals surface area contributed by atoms with E-state index in [0.29, 0.717) is 0 Å². The number of likely N-dealkylation sites (tertiary alicyclic amines) is 1. The third-order valence-electron chi connectivity index (χ3n) is 4.05. The molecule has 1 N–H and O–H groups in total. The van der Waals surface area contributed by atoms with E-state index in [2.05, 4.69) is 28.6 Å². The molecule has 0 spiro atoms. The van der Waals surface area contributed by atoms with Crippen molar-refractivity contribution in [3.8, 4) is 0 Å². The van der Waals surface area contributed by atoms with Gasteiger partial charge in [0, 0.05) is 36.6 Å². The third-order valence-corrected chi connectivity index (χ3v) is 5.02. The normalized spacial score (nSPS) is 25.6. The molecule has 0 amide bonds. The number of hydrogen-bond acceptors (Lipinski definition) is 3. The summed E-state index contributed by atoms with van der Waals surface area (Å²) in [6, 6.07) is 3.93. The second-order valence-corrected chi connectivity index (χ2v) is 6.32. The first kappa shape index (κ1) is 11.7. The minimum atomic E-state index is 0.724. The van der Waals surface area contributed by atoms with Gasteiger partial charge in [0.15, 0.2) is 0 Å². The summed E-state index contributed by atoms with van der Waals surface area (Å²) in [6.45, 7) is 5.91. The molecular weight excluding hydrogens is 228 g/mol. The van der Waals surface area contributed by atoms with Gasteiger partial charge in [-0.3, -0.25) is 4.90 Å². The minimum absolute atomic E-state index is 0.724. The highest BCUT2D eigenvalue weighted by molar-refractivity contribution is 7.10. The van der Waals surface area contributed by atoms with E-state index in [0.717, 1.165) is 18.6 Å². The predicted octanol–water partition coefficient (Wildman–Crippen LogP) is 2.64. The van der Waals surface area contributed by atoms with Crippen LogP contribution >= 0.6 is 11.3 Å². The summed E-state index contributed by atoms with van der Waals surface area (Å²) < 4.78 is 0. The Morgan fingerprint density at radius 3 is 3.06 bits per heavy atom. The molecule has 2 nitrogen and oxygen atoms in total. The van der Waals surface area contributed by atoms with Gasteiger partial charge in [0.25, 0.3) is 0 Å². The Morgan fingerprint density at radius 1 is 1.41 bits per heavy atom. The number of thiophene rings is 1. The fourth-order valence-corrected chi connectivity index (χ4v) is 3.73. The monoisotopic (exact) mass is 250 g/mol. The van der Waals surface area contributed by atoms with Crippen molar-refractivity contribution in [3.05, 3.63) is 21.9 Å². The number of hydrogen-bond donors (Lipinski definition) is 1. The maximum Gasteiger partial charge on any atom is 0.0305 e. The van der Waals surface area contributed by atoms with Crippen LogP contribution in [0, 0.1) is 0 Å². The van der Waals surface area contributed by atoms with Crippen LogP contribution in [0.2, 0.25) is 0 Å². The van der Waals surface area contributed by atoms with Crippen LogP contribution in [0.5, 0.6) is 0 Å². The molecule has 2 heterocycles. The molecule has 0 radical (unpaired) electrons. The average Bonchev–Trinajstić information content (AvgIpc) is 2.93. The molecule has 2 fully saturated rings. The Hall–Kier alpha value is -0.380. The van der Waals surface area contributed by atoms with Gasteiger partial charge in [-0.25, -0.2) is 0 Å². The molecule has 1 aliphatic heterocycles. The fraction of sp³-hybridized carbons (Fsp3) is 0.714. The van der Waals surface area contributed by atoms with E-state index in [4.69, 9.17) is 0 Å². The average molecular weight is 250 g/mol. The molecular formula is C14H22N2S. The SMILES string of the molecule is CCc1ccsc1CNC1CCN(C2CC2)C1. The van der Waals surface area contributed by atoms with Gasteiger partial charge in [0.2, 0.25) is 0 Å². The molecule has 1 aromatic heterocycles. The van der Waals surface area contributed by atoms with Crippen LogP contribution in [-0.4, -0.2) is 30.1 Å². The van der Waals surface area contributed by atoms with Gasteiger partial charge in [0.1, 0.15) is 0 Å². The largest absolute Gasteiger partial charge is 0.308 e. The maximum absolute atomic E-state index is 3.74. The van der Waals surface area contributed by atoms with Crippen LogP contribution in [0.1, 0.15) is 36.6 Å². The van der Waals surface area contributed by atoms with Crippen LogP contribution < -0.4 is 5.32 Å². The fourth-order valence-electron chi connectivity index (χ4n) is 2.80. The third kappa shape index (κ3) is 2.72. The molecule has 1 aromatic rings. The highest BCUT2D eigenvalue weighted by Gasteiger charge is 2.34. The van der Waals surface area contributed by atoms with Gasteiger partial charge in [-0.15, -0.1) is 11.3 Å². The molecule has 0 aromatic carbocycles. The molecule has 1 atom stereocenters. The number of rotatable bonds is 5. The number of nitrogens with zero attached hydrogens (tertiary/aromatic N) is 1. The Bertz CT molecular complexity index is 370. The number of nitrogens with one attached hydrogen (secondary N) is 1. The van der Waals surface area contributed by atoms with E-state index in [1.54, 1.807) is 0 Å². The van der Waals surface area contributed by atoms with Gasteiger partial charge >= 0.3 is 0 Å². The van der Waals surface area contributed by atoms with Crippen molar-refractivity contribution in [1.29, 1.82) is 0 Å². The molecule has 1 unspecified atom stereocenters. The second-order valence-electron chi connectivity index (χ2n) is 5.32. The van der Waals surface area contributed by atoms with Gasteiger partial charge in [-0.05, 0) is 42.7 Å². The topological polar surface area (TPSA) is 15.3 Å². The van der Waals surface area contributed by atoms with Crippen molar-refractivity contribution < 1.29 is 0 Å². The highest BCUT2D eigenvalue weighted by Crippen LogP contribution is 2.30. The Morgan fingerprint density at radius 2 is 2.29 bits per heavy atom. The summed E-state index contributed by atoms with van der Waals surface area (Å²) in [4.78, 5) is 4.21. The van der Waals surface area contributed by atoms with Gasteiger partial charge in [-0.1, -0.05) is 6.92 Å². The Kier molecular flexibility index (Phi) is 3.50. The standard InChI is InChI=1S/C14H22N2S/c1-2-11-6-8-17-14(11)9-15-12-5-7-16(10-12)13-3-4-13/h6,8,12-13,15H,2-5,7,9-10H2,1H3. The lowest BCUT2D eigenvalue weighted by atomic mass is 10.2. The predicted molar refractivity (Wildman–Crippen MR) is 73.5 cm³/mol. The smallest absolute Gasteiger partial charge is 0.0305 e. The van der Waals surface area contributed by atoms with Crippen molar-refractivity contribution >= 4 is 11.3 Å². The lowest BCUT2D eigenvalue weighted by Crippen LogP contribution is -2.32. The van der Waals surface area contributed by atoms with Gasteiger partial charge in [-0.2, -0.15) is 0 Å². The van der Waals surface area contributed by atoms with Crippen LogP contribution in [0.15, 0.2) is 11.4 Å². The van der Waals surface area contributed by atoms with Crippen LogP contribution in [0.3, 0.4) is 0 Å². The van der Waals surface area contributed by atoms with E-state index < -0.39 is 0 Å². The molecule has 1 saturated carbocycles. The quantitative estimate of drug-likeness (QED) is 0.864. The van der Waals surface area contributed by atoms with E-state index in [1.807, 2.05) is 11.3 Å². The van der Waals surface area contributed by atoms with Crippen molar-refractivity contribution in [2.45, 2.75) is 51.2 Å². The van der Waals surface area contributed by atoms with Gasteiger partial charge < -0.3 is 5.32 Å². The summed E-state index contributed by atoms with van der Waals surface area (Å²) in [7, 11) is 0. The highest BCUT2D eigenvalue weighted by atomic mass is 32.1. The molecule has 1 aliphatic carbocycles. The van der Waals surface area contributed by atoms with Crippen molar-refractivity contribution in [3.63, 3.8) is 0 Å². The molecule has 94 valence electrons. The van der Waals surface area contributed by atoms with Crippen molar-refractivity contribution in [2.75, 3.05) is 13.1 Å². The Balaban J connectivity index is 1.48. The summed E-state index contributed by atoms with van der Waals surface area (Å²) in [5.74, 6) is 0. The first-order valence-corrected chi connectivity index (χ1v) is 7.77. The minimum Gasteiger partial charge on any atom is -0.308 e. The summed E-state index contributed by atoms with van der Waals surface area (Å²) >= 11 is 1.90. The van der Waals surface area contributed by atoms with E-state index in [-0.39, 0.29) is 0 Å². The van der Waals surface area contributed by atoms with E-state index >= 15 is 0 Å². The molecule has 3 rings (SSSR count). The summed E-state index contributed by atoms with van der Waals surface area (Å²) in [6.07, 6.45) is 5.39. The Labute approximate surface area is 108 Å². The lowest BCUT2D eigenvalue weighted by Gasteiger charge is -2.15. The zero-order valence-electron chi connectivity index (χ0n) is 10.6.